The monoisotopic (exact) mass is 220 g/mol. The van der Waals surface area contributed by atoms with Gasteiger partial charge >= 0.3 is 0 Å². The molecule has 0 fully saturated rings. The summed E-state index contributed by atoms with van der Waals surface area (Å²) < 4.78 is 5.12. The summed E-state index contributed by atoms with van der Waals surface area (Å²) in [7, 11) is 0. The number of aromatic nitrogens is 1. The van der Waals surface area contributed by atoms with Gasteiger partial charge in [-0.25, -0.2) is 4.98 Å². The number of hydrogen-bond acceptors (Lipinski definition) is 4. The van der Waals surface area contributed by atoms with E-state index in [1.165, 1.54) is 5.56 Å². The Bertz CT molecular complexity index is 397. The zero-order chi connectivity index (χ0) is 10.5. The second-order valence-corrected chi connectivity index (χ2v) is 4.18. The van der Waals surface area contributed by atoms with Gasteiger partial charge in [0.05, 0.1) is 6.20 Å². The quantitative estimate of drug-likeness (QED) is 0.635. The highest BCUT2D eigenvalue weighted by atomic mass is 32.2. The maximum absolute atomic E-state index is 5.60. The second kappa shape index (κ2) is 4.89. The summed E-state index contributed by atoms with van der Waals surface area (Å²) >= 11 is 1.62. The van der Waals surface area contributed by atoms with Crippen molar-refractivity contribution in [3.05, 3.63) is 42.3 Å². The highest BCUT2D eigenvalue weighted by Crippen LogP contribution is 2.16. The highest BCUT2D eigenvalue weighted by molar-refractivity contribution is 7.99. The number of nitrogen functional groups attached to an aromatic ring is 1. The van der Waals surface area contributed by atoms with Gasteiger partial charge in [0.1, 0.15) is 6.26 Å². The van der Waals surface area contributed by atoms with E-state index in [9.17, 15) is 0 Å². The minimum absolute atomic E-state index is 0.727. The lowest BCUT2D eigenvalue weighted by Crippen LogP contribution is -1.90. The maximum atomic E-state index is 5.60. The number of nitrogens with two attached hydrogens (primary N) is 1. The molecule has 1 aromatic heterocycles. The predicted octanol–water partition coefficient (Wildman–Crippen LogP) is 2.59. The number of hydrogen-bond donors (Lipinski definition) is 1. The van der Waals surface area contributed by atoms with Gasteiger partial charge in [-0.05, 0) is 24.1 Å². The molecule has 3 nitrogen and oxygen atoms in total. The van der Waals surface area contributed by atoms with Gasteiger partial charge in [-0.3, -0.25) is 0 Å². The summed E-state index contributed by atoms with van der Waals surface area (Å²) in [6.45, 7) is 0. The summed E-state index contributed by atoms with van der Waals surface area (Å²) in [5.74, 6) is 0.963. The van der Waals surface area contributed by atoms with Gasteiger partial charge in [-0.1, -0.05) is 23.9 Å². The molecule has 0 amide bonds. The molecule has 0 aliphatic heterocycles. The number of nitrogens with zero attached hydrogens (tertiary/aromatic N) is 1. The van der Waals surface area contributed by atoms with Crippen LogP contribution in [0.1, 0.15) is 5.56 Å². The molecule has 0 spiro atoms. The third kappa shape index (κ3) is 3.02. The standard InChI is InChI=1S/C11H12N2OS/c12-10-3-1-9(2-4-10)5-8-15-11-13-6-7-14-11/h1-4,6-7H,5,8,12H2. The Balaban J connectivity index is 1.81. The molecule has 0 bridgehead atoms. The van der Waals surface area contributed by atoms with Gasteiger partial charge < -0.3 is 10.2 Å². The lowest BCUT2D eigenvalue weighted by Gasteiger charge is -1.99. The summed E-state index contributed by atoms with van der Waals surface area (Å²) in [5.41, 5.74) is 7.69. The van der Waals surface area contributed by atoms with Crippen molar-refractivity contribution < 1.29 is 4.42 Å². The van der Waals surface area contributed by atoms with Crippen molar-refractivity contribution in [1.82, 2.24) is 4.98 Å². The van der Waals surface area contributed by atoms with Crippen molar-refractivity contribution in [2.24, 2.45) is 0 Å². The zero-order valence-electron chi connectivity index (χ0n) is 8.22. The van der Waals surface area contributed by atoms with Gasteiger partial charge in [-0.15, -0.1) is 0 Å². The maximum Gasteiger partial charge on any atom is 0.255 e. The van der Waals surface area contributed by atoms with Crippen LogP contribution in [0.2, 0.25) is 0 Å². The van der Waals surface area contributed by atoms with E-state index in [4.69, 9.17) is 10.2 Å². The first-order valence-electron chi connectivity index (χ1n) is 4.71. The fourth-order valence-corrected chi connectivity index (χ4v) is 1.99. The number of oxazole rings is 1. The Labute approximate surface area is 92.7 Å². The van der Waals surface area contributed by atoms with Crippen LogP contribution in [0.3, 0.4) is 0 Å². The van der Waals surface area contributed by atoms with Crippen molar-refractivity contribution in [3.63, 3.8) is 0 Å². The fourth-order valence-electron chi connectivity index (χ4n) is 1.22. The molecule has 0 radical (unpaired) electrons. The third-order valence-corrected chi connectivity index (χ3v) is 2.86. The van der Waals surface area contributed by atoms with E-state index in [2.05, 4.69) is 4.98 Å². The second-order valence-electron chi connectivity index (χ2n) is 3.14. The fraction of sp³-hybridized carbons (Fsp3) is 0.182. The van der Waals surface area contributed by atoms with E-state index in [1.54, 1.807) is 24.2 Å². The van der Waals surface area contributed by atoms with Gasteiger partial charge in [0.25, 0.3) is 5.22 Å². The van der Waals surface area contributed by atoms with Crippen molar-refractivity contribution >= 4 is 17.4 Å². The van der Waals surface area contributed by atoms with Crippen molar-refractivity contribution in [3.8, 4) is 0 Å². The summed E-state index contributed by atoms with van der Waals surface area (Å²) in [5, 5.41) is 0.727. The molecule has 78 valence electrons. The summed E-state index contributed by atoms with van der Waals surface area (Å²) in [6, 6.07) is 7.94. The number of benzene rings is 1. The average molecular weight is 220 g/mol. The lowest BCUT2D eigenvalue weighted by atomic mass is 10.2. The first-order valence-corrected chi connectivity index (χ1v) is 5.70. The number of aryl methyl sites for hydroxylation is 1. The van der Waals surface area contributed by atoms with Gasteiger partial charge in [0.15, 0.2) is 0 Å². The molecule has 0 atom stereocenters. The molecule has 4 heteroatoms. The highest BCUT2D eigenvalue weighted by Gasteiger charge is 1.98. The van der Waals surface area contributed by atoms with Crippen LogP contribution in [0, 0.1) is 0 Å². The van der Waals surface area contributed by atoms with E-state index in [-0.39, 0.29) is 0 Å². The number of thioether (sulfide) groups is 1. The Morgan fingerprint density at radius 3 is 2.73 bits per heavy atom. The molecule has 2 rings (SSSR count). The summed E-state index contributed by atoms with van der Waals surface area (Å²) in [4.78, 5) is 4.04. The Hall–Kier alpha value is -1.42. The van der Waals surface area contributed by atoms with E-state index >= 15 is 0 Å². The van der Waals surface area contributed by atoms with Crippen molar-refractivity contribution in [2.75, 3.05) is 11.5 Å². The molecule has 0 saturated heterocycles. The molecule has 1 heterocycles. The Morgan fingerprint density at radius 1 is 1.27 bits per heavy atom. The first-order chi connectivity index (χ1) is 7.34. The van der Waals surface area contributed by atoms with Crippen LogP contribution < -0.4 is 5.73 Å². The minimum Gasteiger partial charge on any atom is -0.440 e. The molecule has 0 unspecified atom stereocenters. The number of rotatable bonds is 4. The number of anilines is 1. The van der Waals surface area contributed by atoms with Crippen LogP contribution >= 0.6 is 11.8 Å². The smallest absolute Gasteiger partial charge is 0.255 e. The topological polar surface area (TPSA) is 52.0 Å². The largest absolute Gasteiger partial charge is 0.440 e. The molecular weight excluding hydrogens is 208 g/mol. The SMILES string of the molecule is Nc1ccc(CCSc2ncco2)cc1. The molecule has 2 aromatic rings. The van der Waals surface area contributed by atoms with Gasteiger partial charge in [0, 0.05) is 11.4 Å². The van der Waals surface area contributed by atoms with Crippen LogP contribution in [0.15, 0.2) is 46.4 Å². The average Bonchev–Trinajstić information content (AvgIpc) is 2.74. The van der Waals surface area contributed by atoms with Crippen LogP contribution in [0.25, 0.3) is 0 Å². The van der Waals surface area contributed by atoms with Crippen LogP contribution in [-0.4, -0.2) is 10.7 Å². The van der Waals surface area contributed by atoms with Gasteiger partial charge in [-0.2, -0.15) is 0 Å². The van der Waals surface area contributed by atoms with Crippen molar-refractivity contribution in [1.29, 1.82) is 0 Å². The van der Waals surface area contributed by atoms with E-state index < -0.39 is 0 Å². The Morgan fingerprint density at radius 2 is 2.07 bits per heavy atom. The molecular formula is C11H12N2OS. The van der Waals surface area contributed by atoms with Crippen LogP contribution in [0.4, 0.5) is 5.69 Å². The molecule has 15 heavy (non-hydrogen) atoms. The van der Waals surface area contributed by atoms with Crippen LogP contribution in [0.5, 0.6) is 0 Å². The molecule has 0 aliphatic carbocycles. The molecule has 2 N–H and O–H groups in total. The van der Waals surface area contributed by atoms with E-state index in [0.29, 0.717) is 0 Å². The first kappa shape index (κ1) is 10.1. The van der Waals surface area contributed by atoms with Gasteiger partial charge in [0.2, 0.25) is 0 Å². The molecule has 0 aliphatic rings. The van der Waals surface area contributed by atoms with E-state index in [1.807, 2.05) is 24.3 Å². The predicted molar refractivity (Wildman–Crippen MR) is 61.8 cm³/mol. The molecule has 0 saturated carbocycles. The normalized spacial score (nSPS) is 10.4. The third-order valence-electron chi connectivity index (χ3n) is 2.01. The minimum atomic E-state index is 0.727. The Kier molecular flexibility index (Phi) is 3.29. The zero-order valence-corrected chi connectivity index (χ0v) is 9.04. The van der Waals surface area contributed by atoms with Crippen molar-refractivity contribution in [2.45, 2.75) is 11.6 Å². The summed E-state index contributed by atoms with van der Waals surface area (Å²) in [6.07, 6.45) is 4.24. The van der Waals surface area contributed by atoms with E-state index in [0.717, 1.165) is 23.1 Å². The van der Waals surface area contributed by atoms with Crippen LogP contribution in [-0.2, 0) is 6.42 Å². The lowest BCUT2D eigenvalue weighted by molar-refractivity contribution is 0.454. The molecule has 1 aromatic carbocycles.